The minimum absolute atomic E-state index is 0.158. The van der Waals surface area contributed by atoms with Gasteiger partial charge in [0.15, 0.2) is 28.9 Å². The summed E-state index contributed by atoms with van der Waals surface area (Å²) >= 11 is 0. The van der Waals surface area contributed by atoms with Gasteiger partial charge in [-0.2, -0.15) is 5.10 Å². The number of carbonyl (C=O) groups is 2. The number of nitrogens with two attached hydrogens (primary N) is 1. The number of rotatable bonds is 5. The van der Waals surface area contributed by atoms with Crippen molar-refractivity contribution in [2.75, 3.05) is 29.1 Å². The van der Waals surface area contributed by atoms with Crippen molar-refractivity contribution in [2.45, 2.75) is 44.4 Å². The molecule has 0 radical (unpaired) electrons. The highest BCUT2D eigenvalue weighted by Gasteiger charge is 2.51. The maximum atomic E-state index is 13.3. The summed E-state index contributed by atoms with van der Waals surface area (Å²) in [5, 5.41) is 22.2. The predicted octanol–water partition coefficient (Wildman–Crippen LogP) is 1.37. The topological polar surface area (TPSA) is 149 Å². The third-order valence-electron chi connectivity index (χ3n) is 6.00. The van der Waals surface area contributed by atoms with Gasteiger partial charge in [0.25, 0.3) is 11.8 Å². The van der Waals surface area contributed by atoms with Crippen molar-refractivity contribution in [3.63, 3.8) is 0 Å². The molecule has 2 fully saturated rings. The first kappa shape index (κ1) is 20.5. The van der Waals surface area contributed by atoms with E-state index in [4.69, 9.17) is 15.0 Å². The number of aliphatic hydroxyl groups excluding tert-OH is 1. The molecule has 2 aromatic heterocycles. The number of ether oxygens (including phenoxy) is 1. The molecule has 168 valence electrons. The molecule has 2 aliphatic rings. The smallest absolute Gasteiger partial charge is 0.263 e. The summed E-state index contributed by atoms with van der Waals surface area (Å²) in [5.41, 5.74) is 5.65. The number of aryl methyl sites for hydroxylation is 1. The van der Waals surface area contributed by atoms with Gasteiger partial charge in [0, 0.05) is 23.5 Å². The van der Waals surface area contributed by atoms with E-state index in [1.54, 1.807) is 12.1 Å². The molecule has 3 aromatic rings. The van der Waals surface area contributed by atoms with Crippen LogP contribution in [-0.2, 0) is 14.3 Å². The Bertz CT molecular complexity index is 1210. The summed E-state index contributed by atoms with van der Waals surface area (Å²) in [6.45, 7) is 3.80. The fourth-order valence-corrected chi connectivity index (χ4v) is 3.98. The molecule has 2 atom stereocenters. The first-order valence-corrected chi connectivity index (χ1v) is 10.4. The van der Waals surface area contributed by atoms with Crippen molar-refractivity contribution < 1.29 is 24.0 Å². The van der Waals surface area contributed by atoms with Gasteiger partial charge in [0.1, 0.15) is 0 Å². The van der Waals surface area contributed by atoms with E-state index in [1.807, 2.05) is 17.7 Å². The summed E-state index contributed by atoms with van der Waals surface area (Å²) < 4.78 is 12.7. The number of aromatic nitrogens is 3. The second-order valence-electron chi connectivity index (χ2n) is 8.40. The molecule has 32 heavy (non-hydrogen) atoms. The van der Waals surface area contributed by atoms with Gasteiger partial charge in [0.2, 0.25) is 0 Å². The first-order chi connectivity index (χ1) is 15.3. The molecule has 5 rings (SSSR count). The van der Waals surface area contributed by atoms with E-state index in [0.29, 0.717) is 28.5 Å². The zero-order chi connectivity index (χ0) is 22.6. The van der Waals surface area contributed by atoms with Crippen LogP contribution in [0.3, 0.4) is 0 Å². The van der Waals surface area contributed by atoms with Gasteiger partial charge in [-0.25, -0.2) is 0 Å². The standard InChI is InChI=1S/C21H24N6O5/c1-11-9-16(24-27(11)13-4-5-13)26-7-8-31-21(2,20(26)30)17(28)19(29)23-12-3-6-14-15(10-12)32-25-18(14)22/h3,6,9-10,13,17,28H,4-5,7-8H2,1-2H3,(H2,22,25)(H,23,29)/t17-,21+/m0/s1. The number of morpholine rings is 1. The molecule has 2 amide bonds. The third-order valence-corrected chi connectivity index (χ3v) is 6.00. The zero-order valence-electron chi connectivity index (χ0n) is 17.7. The monoisotopic (exact) mass is 440 g/mol. The fourth-order valence-electron chi connectivity index (χ4n) is 3.98. The van der Waals surface area contributed by atoms with E-state index in [0.717, 1.165) is 18.5 Å². The molecule has 4 N–H and O–H groups in total. The van der Waals surface area contributed by atoms with Crippen LogP contribution in [0.15, 0.2) is 28.8 Å². The van der Waals surface area contributed by atoms with Crippen molar-refractivity contribution in [1.29, 1.82) is 0 Å². The number of hydrogen-bond acceptors (Lipinski definition) is 8. The lowest BCUT2D eigenvalue weighted by Gasteiger charge is -2.40. The Balaban J connectivity index is 1.35. The summed E-state index contributed by atoms with van der Waals surface area (Å²) in [6, 6.07) is 7.00. The van der Waals surface area contributed by atoms with Crippen molar-refractivity contribution >= 4 is 40.1 Å². The van der Waals surface area contributed by atoms with Crippen LogP contribution in [0, 0.1) is 6.92 Å². The normalized spacial score (nSPS) is 22.3. The number of nitrogen functional groups attached to an aromatic ring is 1. The summed E-state index contributed by atoms with van der Waals surface area (Å²) in [6.07, 6.45) is 0.393. The summed E-state index contributed by atoms with van der Waals surface area (Å²) in [5.74, 6) is -0.569. The Morgan fingerprint density at radius 2 is 2.16 bits per heavy atom. The highest BCUT2D eigenvalue weighted by molar-refractivity contribution is 6.06. The molecular weight excluding hydrogens is 416 g/mol. The largest absolute Gasteiger partial charge is 0.380 e. The first-order valence-electron chi connectivity index (χ1n) is 10.4. The van der Waals surface area contributed by atoms with Gasteiger partial charge in [-0.1, -0.05) is 5.16 Å². The number of carbonyl (C=O) groups excluding carboxylic acids is 2. The maximum Gasteiger partial charge on any atom is 0.263 e. The zero-order valence-corrected chi connectivity index (χ0v) is 17.7. The van der Waals surface area contributed by atoms with E-state index < -0.39 is 23.5 Å². The van der Waals surface area contributed by atoms with E-state index in [-0.39, 0.29) is 19.0 Å². The van der Waals surface area contributed by atoms with Gasteiger partial charge >= 0.3 is 0 Å². The lowest BCUT2D eigenvalue weighted by atomic mass is 9.94. The van der Waals surface area contributed by atoms with Crippen LogP contribution in [0.25, 0.3) is 11.0 Å². The molecule has 11 nitrogen and oxygen atoms in total. The van der Waals surface area contributed by atoms with Crippen LogP contribution in [-0.4, -0.2) is 56.7 Å². The molecular formula is C21H24N6O5. The lowest BCUT2D eigenvalue weighted by Crippen LogP contribution is -2.63. The van der Waals surface area contributed by atoms with Crippen LogP contribution in [0.5, 0.6) is 0 Å². The highest BCUT2D eigenvalue weighted by Crippen LogP contribution is 2.37. The van der Waals surface area contributed by atoms with Crippen LogP contribution < -0.4 is 16.0 Å². The Morgan fingerprint density at radius 1 is 1.38 bits per heavy atom. The molecule has 1 aliphatic carbocycles. The fraction of sp³-hybridized carbons (Fsp3) is 0.429. The van der Waals surface area contributed by atoms with Crippen LogP contribution in [0.4, 0.5) is 17.3 Å². The second kappa shape index (κ2) is 7.31. The predicted molar refractivity (Wildman–Crippen MR) is 115 cm³/mol. The van der Waals surface area contributed by atoms with Gasteiger partial charge in [-0.3, -0.25) is 19.2 Å². The SMILES string of the molecule is Cc1cc(N2CCO[C@](C)([C@@H](O)C(=O)Nc3ccc4c(N)noc4c3)C2=O)nn1C1CC1. The maximum absolute atomic E-state index is 13.3. The summed E-state index contributed by atoms with van der Waals surface area (Å²) in [4.78, 5) is 27.6. The molecule has 0 spiro atoms. The average Bonchev–Trinajstić information content (AvgIpc) is 3.45. The van der Waals surface area contributed by atoms with Gasteiger partial charge in [0.05, 0.1) is 24.6 Å². The molecule has 1 aliphatic heterocycles. The Kier molecular flexibility index (Phi) is 4.68. The van der Waals surface area contributed by atoms with E-state index in [2.05, 4.69) is 15.6 Å². The average molecular weight is 440 g/mol. The van der Waals surface area contributed by atoms with Crippen molar-refractivity contribution in [2.24, 2.45) is 0 Å². The van der Waals surface area contributed by atoms with Crippen molar-refractivity contribution in [3.8, 4) is 0 Å². The number of nitrogens with zero attached hydrogens (tertiary/aromatic N) is 4. The number of benzene rings is 1. The second-order valence-corrected chi connectivity index (χ2v) is 8.40. The number of aliphatic hydroxyl groups is 1. The quantitative estimate of drug-likeness (QED) is 0.539. The van der Waals surface area contributed by atoms with Gasteiger partial charge in [-0.05, 0) is 38.8 Å². The molecule has 1 saturated carbocycles. The number of nitrogens with one attached hydrogen (secondary N) is 1. The van der Waals surface area contributed by atoms with Crippen LogP contribution in [0.1, 0.15) is 31.5 Å². The number of fused-ring (bicyclic) bond motifs is 1. The molecule has 1 saturated heterocycles. The third kappa shape index (κ3) is 3.30. The minimum Gasteiger partial charge on any atom is -0.380 e. The number of amides is 2. The van der Waals surface area contributed by atoms with Crippen molar-refractivity contribution in [1.82, 2.24) is 14.9 Å². The molecule has 0 bridgehead atoms. The molecule has 1 aromatic carbocycles. The number of hydrogen-bond donors (Lipinski definition) is 3. The summed E-state index contributed by atoms with van der Waals surface area (Å²) in [7, 11) is 0. The van der Waals surface area contributed by atoms with Gasteiger partial charge in [-0.15, -0.1) is 0 Å². The van der Waals surface area contributed by atoms with E-state index in [9.17, 15) is 14.7 Å². The Labute approximate surface area is 183 Å². The molecule has 11 heteroatoms. The van der Waals surface area contributed by atoms with Crippen molar-refractivity contribution in [3.05, 3.63) is 30.0 Å². The van der Waals surface area contributed by atoms with E-state index >= 15 is 0 Å². The van der Waals surface area contributed by atoms with E-state index in [1.165, 1.54) is 17.9 Å². The minimum atomic E-state index is -1.76. The Hall–Kier alpha value is -3.44. The van der Waals surface area contributed by atoms with Crippen LogP contribution in [0.2, 0.25) is 0 Å². The lowest BCUT2D eigenvalue weighted by molar-refractivity contribution is -0.170. The highest BCUT2D eigenvalue weighted by atomic mass is 16.5. The molecule has 3 heterocycles. The van der Waals surface area contributed by atoms with Gasteiger partial charge < -0.3 is 25.4 Å². The molecule has 0 unspecified atom stereocenters. The van der Waals surface area contributed by atoms with Crippen LogP contribution >= 0.6 is 0 Å². The Morgan fingerprint density at radius 3 is 2.91 bits per heavy atom. The number of anilines is 3.